The van der Waals surface area contributed by atoms with Crippen molar-refractivity contribution in [2.45, 2.75) is 26.8 Å². The van der Waals surface area contributed by atoms with Crippen LogP contribution in [0.15, 0.2) is 36.8 Å². The number of carbonyl (C=O) groups excluding carboxylic acids is 1. The lowest BCUT2D eigenvalue weighted by Crippen LogP contribution is -2.32. The number of halogens is 1. The molecular formula is C24H25FN8O. The lowest BCUT2D eigenvalue weighted by molar-refractivity contribution is -0.131. The second kappa shape index (κ2) is 8.29. The van der Waals surface area contributed by atoms with E-state index in [1.807, 2.05) is 24.8 Å². The Labute approximate surface area is 195 Å². The molecule has 4 aromatic rings. The molecule has 174 valence electrons. The molecule has 0 spiro atoms. The summed E-state index contributed by atoms with van der Waals surface area (Å²) in [6.45, 7) is 5.36. The van der Waals surface area contributed by atoms with Crippen LogP contribution >= 0.6 is 0 Å². The first-order valence-corrected chi connectivity index (χ1v) is 11.1. The van der Waals surface area contributed by atoms with Gasteiger partial charge in [-0.05, 0) is 36.9 Å². The Morgan fingerprint density at radius 1 is 1.12 bits per heavy atom. The number of hydrogen-bond donors (Lipinski definition) is 3. The number of nitrogens with two attached hydrogens (primary N) is 2. The summed E-state index contributed by atoms with van der Waals surface area (Å²) in [5, 5.41) is 8.94. The van der Waals surface area contributed by atoms with E-state index in [9.17, 15) is 4.79 Å². The highest BCUT2D eigenvalue weighted by atomic mass is 19.1. The summed E-state index contributed by atoms with van der Waals surface area (Å²) in [6, 6.07) is 5.43. The number of aromatic nitrogens is 4. The van der Waals surface area contributed by atoms with E-state index < -0.39 is 5.82 Å². The average molecular weight is 461 g/mol. The van der Waals surface area contributed by atoms with Gasteiger partial charge in [0, 0.05) is 60.2 Å². The van der Waals surface area contributed by atoms with Gasteiger partial charge >= 0.3 is 0 Å². The fourth-order valence-corrected chi connectivity index (χ4v) is 4.30. The molecule has 0 bridgehead atoms. The van der Waals surface area contributed by atoms with E-state index in [4.69, 9.17) is 11.5 Å². The quantitative estimate of drug-likeness (QED) is 0.399. The monoisotopic (exact) mass is 460 g/mol. The van der Waals surface area contributed by atoms with Crippen molar-refractivity contribution in [3.8, 4) is 11.1 Å². The largest absolute Gasteiger partial charge is 0.397 e. The summed E-state index contributed by atoms with van der Waals surface area (Å²) in [6.07, 6.45) is 5.38. The maximum absolute atomic E-state index is 15.1. The number of nitrogens with zero attached hydrogens (tertiary/aromatic N) is 5. The first-order valence-electron chi connectivity index (χ1n) is 11.1. The van der Waals surface area contributed by atoms with E-state index in [1.54, 1.807) is 23.0 Å². The number of nitrogens with one attached hydrogen (secondary N) is 1. The molecule has 0 saturated heterocycles. The third kappa shape index (κ3) is 3.66. The van der Waals surface area contributed by atoms with Gasteiger partial charge < -0.3 is 21.7 Å². The van der Waals surface area contributed by atoms with Crippen molar-refractivity contribution >= 4 is 39.7 Å². The average Bonchev–Trinajstić information content (AvgIpc) is 3.12. The van der Waals surface area contributed by atoms with Crippen molar-refractivity contribution in [2.24, 2.45) is 0 Å². The molecule has 5 N–H and O–H groups in total. The maximum atomic E-state index is 15.1. The number of pyridine rings is 2. The fourth-order valence-electron chi connectivity index (χ4n) is 4.30. The Morgan fingerprint density at radius 3 is 2.74 bits per heavy atom. The van der Waals surface area contributed by atoms with E-state index in [0.717, 1.165) is 17.7 Å². The standard InChI is InChI=1S/C24H25FN8O/c1-3-32-5-4-15-8-21(31-33(15)12-22(32)34)30-20-7-14-6-16(17-9-28-11-19(26)13(17)2)23(25)24(27)18(14)10-29-20/h6-11H,3-5,12,26-27H2,1-2H3,(H,29,30,31). The molecule has 0 fully saturated rings. The van der Waals surface area contributed by atoms with E-state index in [2.05, 4.69) is 20.4 Å². The molecule has 34 heavy (non-hydrogen) atoms. The van der Waals surface area contributed by atoms with Crippen molar-refractivity contribution in [2.75, 3.05) is 29.9 Å². The number of benzene rings is 1. The highest BCUT2D eigenvalue weighted by Crippen LogP contribution is 2.36. The first kappa shape index (κ1) is 21.6. The van der Waals surface area contributed by atoms with Crippen LogP contribution in [0, 0.1) is 12.7 Å². The van der Waals surface area contributed by atoms with Gasteiger partial charge in [-0.1, -0.05) is 0 Å². The molecule has 9 nitrogen and oxygen atoms in total. The number of rotatable bonds is 4. The first-order chi connectivity index (χ1) is 16.4. The zero-order valence-corrected chi connectivity index (χ0v) is 19.0. The molecule has 1 amide bonds. The predicted octanol–water partition coefficient (Wildman–Crippen LogP) is 3.25. The van der Waals surface area contributed by atoms with Crippen LogP contribution in [0.5, 0.6) is 0 Å². The minimum Gasteiger partial charge on any atom is -0.397 e. The van der Waals surface area contributed by atoms with Gasteiger partial charge in [0.15, 0.2) is 11.6 Å². The van der Waals surface area contributed by atoms with Crippen LogP contribution < -0.4 is 16.8 Å². The summed E-state index contributed by atoms with van der Waals surface area (Å²) >= 11 is 0. The zero-order chi connectivity index (χ0) is 24.0. The van der Waals surface area contributed by atoms with Crippen LogP contribution in [0.2, 0.25) is 0 Å². The highest BCUT2D eigenvalue weighted by molar-refractivity contribution is 5.98. The molecule has 0 aliphatic carbocycles. The van der Waals surface area contributed by atoms with Gasteiger partial charge in [-0.2, -0.15) is 5.10 Å². The third-order valence-electron chi connectivity index (χ3n) is 6.32. The van der Waals surface area contributed by atoms with Crippen molar-refractivity contribution in [1.29, 1.82) is 0 Å². The third-order valence-corrected chi connectivity index (χ3v) is 6.32. The summed E-state index contributed by atoms with van der Waals surface area (Å²) in [4.78, 5) is 22.7. The lowest BCUT2D eigenvalue weighted by Gasteiger charge is -2.17. The second-order valence-corrected chi connectivity index (χ2v) is 8.37. The molecule has 1 aromatic carbocycles. The fraction of sp³-hybridized carbons (Fsp3) is 0.250. The summed E-state index contributed by atoms with van der Waals surface area (Å²) in [5.41, 5.74) is 15.2. The van der Waals surface area contributed by atoms with E-state index in [0.29, 0.717) is 52.3 Å². The van der Waals surface area contributed by atoms with Crippen molar-refractivity contribution in [3.05, 3.63) is 53.9 Å². The van der Waals surface area contributed by atoms with Gasteiger partial charge in [0.1, 0.15) is 12.4 Å². The van der Waals surface area contributed by atoms with Crippen LogP contribution in [-0.4, -0.2) is 43.6 Å². The molecule has 5 rings (SSSR count). The van der Waals surface area contributed by atoms with Crippen LogP contribution in [0.3, 0.4) is 0 Å². The van der Waals surface area contributed by atoms with Crippen molar-refractivity contribution in [1.82, 2.24) is 24.6 Å². The van der Waals surface area contributed by atoms with Crippen molar-refractivity contribution in [3.63, 3.8) is 0 Å². The van der Waals surface area contributed by atoms with Gasteiger partial charge in [-0.25, -0.2) is 9.37 Å². The van der Waals surface area contributed by atoms with Gasteiger partial charge in [0.05, 0.1) is 17.6 Å². The van der Waals surface area contributed by atoms with Crippen LogP contribution in [0.1, 0.15) is 18.2 Å². The molecule has 0 radical (unpaired) electrons. The van der Waals surface area contributed by atoms with E-state index in [-0.39, 0.29) is 18.1 Å². The molecule has 3 aromatic heterocycles. The van der Waals surface area contributed by atoms with Crippen LogP contribution in [0.4, 0.5) is 27.4 Å². The molecule has 4 heterocycles. The topological polar surface area (TPSA) is 128 Å². The summed E-state index contributed by atoms with van der Waals surface area (Å²) < 4.78 is 16.9. The Hall–Kier alpha value is -4.21. The Balaban J connectivity index is 1.49. The van der Waals surface area contributed by atoms with E-state index >= 15 is 4.39 Å². The molecule has 1 aliphatic rings. The number of hydrogen-bond acceptors (Lipinski definition) is 7. The summed E-state index contributed by atoms with van der Waals surface area (Å²) in [5.74, 6) is 0.637. The van der Waals surface area contributed by atoms with Crippen LogP contribution in [0.25, 0.3) is 21.9 Å². The van der Waals surface area contributed by atoms with Gasteiger partial charge in [-0.3, -0.25) is 14.5 Å². The number of amides is 1. The second-order valence-electron chi connectivity index (χ2n) is 8.37. The predicted molar refractivity (Wildman–Crippen MR) is 130 cm³/mol. The van der Waals surface area contributed by atoms with E-state index in [1.165, 1.54) is 12.4 Å². The van der Waals surface area contributed by atoms with Gasteiger partial charge in [0.25, 0.3) is 0 Å². The Kier molecular flexibility index (Phi) is 5.27. The molecule has 0 unspecified atom stereocenters. The minimum atomic E-state index is -0.533. The minimum absolute atomic E-state index is 0.0149. The number of anilines is 4. The zero-order valence-electron chi connectivity index (χ0n) is 19.0. The number of carbonyl (C=O) groups is 1. The SMILES string of the molecule is CCN1CCc2cc(Nc3cc4cc(-c5cncc(N)c5C)c(F)c(N)c4cn3)nn2CC1=O. The number of fused-ring (bicyclic) bond motifs is 2. The smallest absolute Gasteiger partial charge is 0.244 e. The van der Waals surface area contributed by atoms with Gasteiger partial charge in [0.2, 0.25) is 5.91 Å². The van der Waals surface area contributed by atoms with Crippen LogP contribution in [-0.2, 0) is 17.8 Å². The molecule has 0 atom stereocenters. The van der Waals surface area contributed by atoms with Gasteiger partial charge in [-0.15, -0.1) is 0 Å². The number of likely N-dealkylation sites (N-methyl/N-ethyl adjacent to an activating group) is 1. The number of nitrogen functional groups attached to an aromatic ring is 2. The Bertz CT molecular complexity index is 1430. The lowest BCUT2D eigenvalue weighted by atomic mass is 9.97. The highest BCUT2D eigenvalue weighted by Gasteiger charge is 2.21. The molecule has 10 heteroatoms. The molecular weight excluding hydrogens is 435 g/mol. The molecule has 0 saturated carbocycles. The molecule has 1 aliphatic heterocycles. The normalized spacial score (nSPS) is 13.7. The maximum Gasteiger partial charge on any atom is 0.244 e. The van der Waals surface area contributed by atoms with Crippen molar-refractivity contribution < 1.29 is 9.18 Å². The summed E-state index contributed by atoms with van der Waals surface area (Å²) in [7, 11) is 0. The Morgan fingerprint density at radius 2 is 1.94 bits per heavy atom.